The highest BCUT2D eigenvalue weighted by molar-refractivity contribution is 6.31. The number of nitrogens with zero attached hydrogens (tertiary/aromatic N) is 1. The zero-order chi connectivity index (χ0) is 30.2. The molecule has 0 amide bonds. The topological polar surface area (TPSA) is 78.6 Å². The monoisotopic (exact) mass is 615 g/mol. The number of halogens is 4. The number of piperidine rings is 1. The van der Waals surface area contributed by atoms with Gasteiger partial charge in [-0.2, -0.15) is 0 Å². The summed E-state index contributed by atoms with van der Waals surface area (Å²) in [6.45, 7) is 7.10. The van der Waals surface area contributed by atoms with E-state index in [0.717, 1.165) is 38.5 Å². The van der Waals surface area contributed by atoms with Gasteiger partial charge in [0.2, 0.25) is 0 Å². The summed E-state index contributed by atoms with van der Waals surface area (Å²) in [6.07, 6.45) is 2.39. The van der Waals surface area contributed by atoms with Crippen LogP contribution in [-0.4, -0.2) is 41.1 Å². The number of carboxylic acid groups (broad SMARTS) is 1. The largest absolute Gasteiger partial charge is 0.480 e. The van der Waals surface area contributed by atoms with Crippen LogP contribution in [0.1, 0.15) is 55.7 Å². The lowest BCUT2D eigenvalue weighted by Crippen LogP contribution is -2.53. The van der Waals surface area contributed by atoms with Crippen molar-refractivity contribution in [2.45, 2.75) is 63.2 Å². The van der Waals surface area contributed by atoms with Gasteiger partial charge in [-0.1, -0.05) is 85.6 Å². The molecule has 0 bridgehead atoms. The molecule has 0 aliphatic carbocycles. The van der Waals surface area contributed by atoms with E-state index in [0.29, 0.717) is 12.3 Å². The standard InChI is InChI=1S/C33H37Cl2F2N3O2/c1-32(2,21-13-15-40(16-14-21)19-20-7-4-3-5-8-20)18-27-33(38,24-12-11-22(34)17-26(24)36)28(30(39-27)31(41)42)23-9-6-10-25(35)29(23)37/h3-12,17,21,27-28,30,39H,13-16,18-19,38H2,1-2H3,(H,41,42). The molecule has 9 heteroatoms. The molecular weight excluding hydrogens is 579 g/mol. The van der Waals surface area contributed by atoms with Crippen LogP contribution in [0.25, 0.3) is 0 Å². The van der Waals surface area contributed by atoms with Crippen LogP contribution in [0.4, 0.5) is 8.78 Å². The molecule has 2 aliphatic rings. The molecule has 0 aromatic heterocycles. The van der Waals surface area contributed by atoms with Crippen LogP contribution in [0.5, 0.6) is 0 Å². The Morgan fingerprint density at radius 1 is 1.07 bits per heavy atom. The van der Waals surface area contributed by atoms with Gasteiger partial charge in [0.25, 0.3) is 0 Å². The Hall–Kier alpha value is -2.55. The fraction of sp³-hybridized carbons (Fsp3) is 0.424. The normalized spacial score (nSPS) is 25.5. The SMILES string of the molecule is CC(C)(CC1NC(C(=O)O)C(c2cccc(Cl)c2F)C1(N)c1ccc(Cl)cc1F)C1CCN(Cc2ccccc2)CC1. The van der Waals surface area contributed by atoms with Crippen molar-refractivity contribution in [3.8, 4) is 0 Å². The average molecular weight is 617 g/mol. The molecule has 2 fully saturated rings. The first kappa shape index (κ1) is 30.9. The van der Waals surface area contributed by atoms with Crippen molar-refractivity contribution >= 4 is 29.2 Å². The minimum absolute atomic E-state index is 0.0359. The Balaban J connectivity index is 1.47. The summed E-state index contributed by atoms with van der Waals surface area (Å²) in [6, 6.07) is 17.0. The molecule has 42 heavy (non-hydrogen) atoms. The minimum Gasteiger partial charge on any atom is -0.480 e. The van der Waals surface area contributed by atoms with Gasteiger partial charge in [-0.15, -0.1) is 0 Å². The number of carboxylic acids is 1. The molecule has 3 aromatic rings. The van der Waals surface area contributed by atoms with E-state index in [9.17, 15) is 9.90 Å². The van der Waals surface area contributed by atoms with Crippen LogP contribution < -0.4 is 11.1 Å². The molecule has 5 nitrogen and oxygen atoms in total. The molecule has 2 heterocycles. The number of hydrogen-bond donors (Lipinski definition) is 3. The van der Waals surface area contributed by atoms with Gasteiger partial charge < -0.3 is 10.8 Å². The fourth-order valence-corrected chi connectivity index (χ4v) is 7.53. The predicted molar refractivity (Wildman–Crippen MR) is 163 cm³/mol. The lowest BCUT2D eigenvalue weighted by Gasteiger charge is -2.45. The molecule has 0 spiro atoms. The summed E-state index contributed by atoms with van der Waals surface area (Å²) < 4.78 is 31.2. The molecular formula is C33H37Cl2F2N3O2. The highest BCUT2D eigenvalue weighted by atomic mass is 35.5. The first-order chi connectivity index (χ1) is 19.9. The predicted octanol–water partition coefficient (Wildman–Crippen LogP) is 6.96. The van der Waals surface area contributed by atoms with Crippen LogP contribution in [0.2, 0.25) is 10.0 Å². The van der Waals surface area contributed by atoms with E-state index in [2.05, 4.69) is 48.3 Å². The third kappa shape index (κ3) is 5.95. The number of likely N-dealkylation sites (tertiary alicyclic amines) is 1. The summed E-state index contributed by atoms with van der Waals surface area (Å²) in [4.78, 5) is 15.1. The summed E-state index contributed by atoms with van der Waals surface area (Å²) in [5.74, 6) is -3.43. The summed E-state index contributed by atoms with van der Waals surface area (Å²) in [5, 5.41) is 13.6. The van der Waals surface area contributed by atoms with Crippen LogP contribution >= 0.6 is 23.2 Å². The molecule has 5 rings (SSSR count). The number of nitrogens with one attached hydrogen (secondary N) is 1. The lowest BCUT2D eigenvalue weighted by molar-refractivity contribution is -0.139. The number of aliphatic carboxylic acids is 1. The maximum atomic E-state index is 15.7. The van der Waals surface area contributed by atoms with Gasteiger partial charge in [0.05, 0.1) is 10.6 Å². The Morgan fingerprint density at radius 3 is 2.40 bits per heavy atom. The second-order valence-corrected chi connectivity index (χ2v) is 13.3. The van der Waals surface area contributed by atoms with Crippen molar-refractivity contribution in [2.24, 2.45) is 17.1 Å². The maximum absolute atomic E-state index is 15.7. The molecule has 224 valence electrons. The van der Waals surface area contributed by atoms with Crippen LogP contribution in [0.3, 0.4) is 0 Å². The van der Waals surface area contributed by atoms with Crippen LogP contribution in [0, 0.1) is 23.0 Å². The number of rotatable bonds is 8. The van der Waals surface area contributed by atoms with E-state index in [1.807, 2.05) is 6.07 Å². The molecule has 4 N–H and O–H groups in total. The van der Waals surface area contributed by atoms with E-state index < -0.39 is 41.1 Å². The van der Waals surface area contributed by atoms with Gasteiger partial charge in [-0.05, 0) is 73.0 Å². The van der Waals surface area contributed by atoms with E-state index in [1.165, 1.54) is 29.8 Å². The number of hydrogen-bond acceptors (Lipinski definition) is 4. The fourth-order valence-electron chi connectivity index (χ4n) is 7.19. The molecule has 2 saturated heterocycles. The van der Waals surface area contributed by atoms with E-state index in [1.54, 1.807) is 6.07 Å². The van der Waals surface area contributed by atoms with E-state index in [-0.39, 0.29) is 26.6 Å². The van der Waals surface area contributed by atoms with Gasteiger partial charge in [-0.3, -0.25) is 15.0 Å². The first-order valence-corrected chi connectivity index (χ1v) is 15.1. The van der Waals surface area contributed by atoms with E-state index >= 15 is 8.78 Å². The first-order valence-electron chi connectivity index (χ1n) is 14.3. The molecule has 2 aliphatic heterocycles. The van der Waals surface area contributed by atoms with E-state index in [4.69, 9.17) is 28.9 Å². The van der Waals surface area contributed by atoms with Crippen molar-refractivity contribution < 1.29 is 18.7 Å². The van der Waals surface area contributed by atoms with Gasteiger partial charge in [0, 0.05) is 29.1 Å². The van der Waals surface area contributed by atoms with Crippen molar-refractivity contribution in [3.63, 3.8) is 0 Å². The van der Waals surface area contributed by atoms with Crippen molar-refractivity contribution in [1.82, 2.24) is 10.2 Å². The third-order valence-electron chi connectivity index (χ3n) is 9.46. The van der Waals surface area contributed by atoms with Gasteiger partial charge >= 0.3 is 5.97 Å². The van der Waals surface area contributed by atoms with Crippen LogP contribution in [-0.2, 0) is 16.9 Å². The zero-order valence-electron chi connectivity index (χ0n) is 23.8. The third-order valence-corrected chi connectivity index (χ3v) is 9.98. The maximum Gasteiger partial charge on any atom is 0.321 e. The highest BCUT2D eigenvalue weighted by Crippen LogP contribution is 2.51. The van der Waals surface area contributed by atoms with Crippen molar-refractivity contribution in [3.05, 3.63) is 105 Å². The minimum atomic E-state index is -1.62. The van der Waals surface area contributed by atoms with Crippen molar-refractivity contribution in [1.29, 1.82) is 0 Å². The lowest BCUT2D eigenvalue weighted by atomic mass is 9.64. The Morgan fingerprint density at radius 2 is 1.76 bits per heavy atom. The quantitative estimate of drug-likeness (QED) is 0.255. The summed E-state index contributed by atoms with van der Waals surface area (Å²) in [7, 11) is 0. The molecule has 3 aromatic carbocycles. The Labute approximate surface area is 256 Å². The van der Waals surface area contributed by atoms with Gasteiger partial charge in [0.15, 0.2) is 0 Å². The number of carbonyl (C=O) groups is 1. The van der Waals surface area contributed by atoms with Gasteiger partial charge in [0.1, 0.15) is 17.7 Å². The zero-order valence-corrected chi connectivity index (χ0v) is 25.3. The smallest absolute Gasteiger partial charge is 0.321 e. The Bertz CT molecular complexity index is 1430. The summed E-state index contributed by atoms with van der Waals surface area (Å²) in [5.41, 5.74) is 6.72. The molecule has 0 radical (unpaired) electrons. The second-order valence-electron chi connectivity index (χ2n) is 12.4. The average Bonchev–Trinajstić information content (AvgIpc) is 3.23. The van der Waals surface area contributed by atoms with Crippen molar-refractivity contribution in [2.75, 3.05) is 13.1 Å². The Kier molecular flexibility index (Phi) is 8.98. The molecule has 4 unspecified atom stereocenters. The summed E-state index contributed by atoms with van der Waals surface area (Å²) >= 11 is 12.2. The number of benzene rings is 3. The molecule has 0 saturated carbocycles. The molecule has 4 atom stereocenters. The number of nitrogens with two attached hydrogens (primary N) is 1. The highest BCUT2D eigenvalue weighted by Gasteiger charge is 2.59. The van der Waals surface area contributed by atoms with Gasteiger partial charge in [-0.25, -0.2) is 8.78 Å². The van der Waals surface area contributed by atoms with Crippen LogP contribution in [0.15, 0.2) is 66.7 Å². The second kappa shape index (κ2) is 12.2.